The van der Waals surface area contributed by atoms with E-state index in [0.717, 1.165) is 18.0 Å². The largest absolute Gasteiger partial charge is 0.314 e. The van der Waals surface area contributed by atoms with Gasteiger partial charge in [0, 0.05) is 18.6 Å². The van der Waals surface area contributed by atoms with Crippen LogP contribution in [0.3, 0.4) is 0 Å². The molecule has 0 bridgehead atoms. The van der Waals surface area contributed by atoms with E-state index in [-0.39, 0.29) is 0 Å². The monoisotopic (exact) mass is 293 g/mol. The third kappa shape index (κ3) is 4.43. The minimum Gasteiger partial charge on any atom is -0.314 e. The quantitative estimate of drug-likeness (QED) is 0.786. The van der Waals surface area contributed by atoms with Crippen LogP contribution in [0.2, 0.25) is 0 Å². The summed E-state index contributed by atoms with van der Waals surface area (Å²) in [5, 5.41) is 3.79. The molecule has 2 aliphatic heterocycles. The Hall–Kier alpha value is -0.120. The lowest BCUT2D eigenvalue weighted by molar-refractivity contribution is 0.0382. The van der Waals surface area contributed by atoms with Gasteiger partial charge in [0.2, 0.25) is 0 Å². The van der Waals surface area contributed by atoms with Crippen LogP contribution in [0.5, 0.6) is 0 Å². The molecule has 3 rings (SSSR count). The Labute approximate surface area is 131 Å². The molecule has 0 spiro atoms. The van der Waals surface area contributed by atoms with E-state index in [1.807, 2.05) is 0 Å². The van der Waals surface area contributed by atoms with Crippen molar-refractivity contribution in [2.24, 2.45) is 5.92 Å². The molecule has 2 atom stereocenters. The van der Waals surface area contributed by atoms with E-state index < -0.39 is 0 Å². The van der Waals surface area contributed by atoms with Crippen molar-refractivity contribution in [3.05, 3.63) is 0 Å². The lowest BCUT2D eigenvalue weighted by Gasteiger charge is -2.46. The lowest BCUT2D eigenvalue weighted by atomic mass is 9.84. The summed E-state index contributed by atoms with van der Waals surface area (Å²) in [6.45, 7) is 6.56. The molecule has 3 nitrogen and oxygen atoms in total. The zero-order valence-electron chi connectivity index (χ0n) is 14.0. The van der Waals surface area contributed by atoms with Crippen LogP contribution < -0.4 is 5.32 Å². The number of hydrogen-bond acceptors (Lipinski definition) is 3. The van der Waals surface area contributed by atoms with E-state index in [1.54, 1.807) is 0 Å². The molecule has 122 valence electrons. The molecular formula is C18H35N3. The maximum atomic E-state index is 3.79. The molecule has 3 aliphatic rings. The van der Waals surface area contributed by atoms with E-state index in [9.17, 15) is 0 Å². The van der Waals surface area contributed by atoms with Gasteiger partial charge >= 0.3 is 0 Å². The highest BCUT2D eigenvalue weighted by Crippen LogP contribution is 2.29. The highest BCUT2D eigenvalue weighted by Gasteiger charge is 2.33. The fourth-order valence-corrected chi connectivity index (χ4v) is 4.85. The van der Waals surface area contributed by atoms with Gasteiger partial charge in [0.1, 0.15) is 0 Å². The fraction of sp³-hybridized carbons (Fsp3) is 1.00. The van der Waals surface area contributed by atoms with Crippen LogP contribution >= 0.6 is 0 Å². The third-order valence-corrected chi connectivity index (χ3v) is 6.12. The van der Waals surface area contributed by atoms with Crippen LogP contribution in [0.15, 0.2) is 0 Å². The highest BCUT2D eigenvalue weighted by atomic mass is 15.2. The minimum absolute atomic E-state index is 0.830. The first-order valence-electron chi connectivity index (χ1n) is 9.49. The predicted molar refractivity (Wildman–Crippen MR) is 89.7 cm³/mol. The maximum absolute atomic E-state index is 3.79. The Balaban J connectivity index is 1.31. The average Bonchev–Trinajstić information content (AvgIpc) is 2.53. The predicted octanol–water partition coefficient (Wildman–Crippen LogP) is 2.71. The topological polar surface area (TPSA) is 18.5 Å². The Morgan fingerprint density at radius 3 is 2.67 bits per heavy atom. The van der Waals surface area contributed by atoms with Crippen LogP contribution in [0, 0.1) is 5.92 Å². The average molecular weight is 293 g/mol. The van der Waals surface area contributed by atoms with Crippen LogP contribution in [0.25, 0.3) is 0 Å². The SMILES string of the molecule is CN1CCCC2CN(CCCNC3CCCCC3)CCC21. The van der Waals surface area contributed by atoms with Crippen molar-refractivity contribution in [3.8, 4) is 0 Å². The lowest BCUT2D eigenvalue weighted by Crippen LogP contribution is -2.52. The van der Waals surface area contributed by atoms with Crippen LogP contribution in [0.4, 0.5) is 0 Å². The summed E-state index contributed by atoms with van der Waals surface area (Å²) in [4.78, 5) is 5.36. The van der Waals surface area contributed by atoms with E-state index in [2.05, 4.69) is 22.2 Å². The minimum atomic E-state index is 0.830. The van der Waals surface area contributed by atoms with Crippen molar-refractivity contribution in [2.45, 2.75) is 69.9 Å². The van der Waals surface area contributed by atoms with Crippen LogP contribution in [-0.2, 0) is 0 Å². The molecule has 2 saturated heterocycles. The molecule has 2 heterocycles. The van der Waals surface area contributed by atoms with Gasteiger partial charge in [-0.15, -0.1) is 0 Å². The van der Waals surface area contributed by atoms with Crippen molar-refractivity contribution >= 4 is 0 Å². The van der Waals surface area contributed by atoms with Gasteiger partial charge in [0.05, 0.1) is 0 Å². The summed E-state index contributed by atoms with van der Waals surface area (Å²) in [5.41, 5.74) is 0. The van der Waals surface area contributed by atoms with Crippen molar-refractivity contribution < 1.29 is 0 Å². The summed E-state index contributed by atoms with van der Waals surface area (Å²) >= 11 is 0. The number of fused-ring (bicyclic) bond motifs is 1. The van der Waals surface area contributed by atoms with Crippen LogP contribution in [0.1, 0.15) is 57.8 Å². The van der Waals surface area contributed by atoms with Crippen molar-refractivity contribution in [2.75, 3.05) is 39.8 Å². The molecule has 3 fully saturated rings. The Morgan fingerprint density at radius 2 is 1.81 bits per heavy atom. The third-order valence-electron chi connectivity index (χ3n) is 6.12. The summed E-state index contributed by atoms with van der Waals surface area (Å²) in [5.74, 6) is 0.948. The Kier molecular flexibility index (Phi) is 5.96. The zero-order valence-corrected chi connectivity index (χ0v) is 14.0. The van der Waals surface area contributed by atoms with Gasteiger partial charge in [-0.2, -0.15) is 0 Å². The second-order valence-corrected chi connectivity index (χ2v) is 7.68. The van der Waals surface area contributed by atoms with Gasteiger partial charge < -0.3 is 15.1 Å². The fourth-order valence-electron chi connectivity index (χ4n) is 4.85. The zero-order chi connectivity index (χ0) is 14.5. The number of nitrogens with zero attached hydrogens (tertiary/aromatic N) is 2. The number of likely N-dealkylation sites (tertiary alicyclic amines) is 2. The van der Waals surface area contributed by atoms with E-state index in [4.69, 9.17) is 0 Å². The molecule has 0 aromatic carbocycles. The first-order chi connectivity index (χ1) is 10.3. The van der Waals surface area contributed by atoms with Gasteiger partial charge in [0.25, 0.3) is 0 Å². The van der Waals surface area contributed by atoms with Crippen molar-refractivity contribution in [1.29, 1.82) is 0 Å². The van der Waals surface area contributed by atoms with Crippen LogP contribution in [-0.4, -0.2) is 61.7 Å². The van der Waals surface area contributed by atoms with Gasteiger partial charge in [-0.25, -0.2) is 0 Å². The Bertz CT molecular complexity index is 301. The molecule has 0 aromatic rings. The van der Waals surface area contributed by atoms with Gasteiger partial charge in [-0.05, 0) is 77.7 Å². The molecular weight excluding hydrogens is 258 g/mol. The van der Waals surface area contributed by atoms with Crippen molar-refractivity contribution in [1.82, 2.24) is 15.1 Å². The normalized spacial score (nSPS) is 33.0. The first kappa shape index (κ1) is 15.8. The number of nitrogens with one attached hydrogen (secondary N) is 1. The van der Waals surface area contributed by atoms with Gasteiger partial charge in [-0.1, -0.05) is 19.3 Å². The van der Waals surface area contributed by atoms with Gasteiger partial charge in [-0.3, -0.25) is 0 Å². The molecule has 21 heavy (non-hydrogen) atoms. The summed E-state index contributed by atoms with van der Waals surface area (Å²) in [6.07, 6.45) is 12.8. The second kappa shape index (κ2) is 7.94. The molecule has 0 radical (unpaired) electrons. The smallest absolute Gasteiger partial charge is 0.0145 e. The number of hydrogen-bond donors (Lipinski definition) is 1. The molecule has 3 heteroatoms. The highest BCUT2D eigenvalue weighted by molar-refractivity contribution is 4.89. The summed E-state index contributed by atoms with van der Waals surface area (Å²) in [6, 6.07) is 1.71. The second-order valence-electron chi connectivity index (χ2n) is 7.68. The molecule has 0 amide bonds. The van der Waals surface area contributed by atoms with E-state index >= 15 is 0 Å². The van der Waals surface area contributed by atoms with E-state index in [0.29, 0.717) is 0 Å². The van der Waals surface area contributed by atoms with E-state index in [1.165, 1.54) is 90.5 Å². The summed E-state index contributed by atoms with van der Waals surface area (Å²) in [7, 11) is 2.33. The van der Waals surface area contributed by atoms with Crippen molar-refractivity contribution in [3.63, 3.8) is 0 Å². The molecule has 1 N–H and O–H groups in total. The maximum Gasteiger partial charge on any atom is 0.0145 e. The first-order valence-corrected chi connectivity index (χ1v) is 9.49. The van der Waals surface area contributed by atoms with Gasteiger partial charge in [0.15, 0.2) is 0 Å². The Morgan fingerprint density at radius 1 is 0.952 bits per heavy atom. The molecule has 1 saturated carbocycles. The molecule has 2 unspecified atom stereocenters. The molecule has 0 aromatic heterocycles. The standard InChI is InChI=1S/C18H35N3/c1-20-12-5-7-16-15-21(14-10-18(16)20)13-6-11-19-17-8-3-2-4-9-17/h16-19H,2-15H2,1H3. The number of piperidine rings is 2. The number of rotatable bonds is 5. The molecule has 1 aliphatic carbocycles. The summed E-state index contributed by atoms with van der Waals surface area (Å²) < 4.78 is 0.